The molecule has 1 aromatic carbocycles. The number of hydrogen-bond donors (Lipinski definition) is 2. The average molecular weight is 273 g/mol. The van der Waals surface area contributed by atoms with Gasteiger partial charge in [0.2, 0.25) is 5.91 Å². The molecule has 2 N–H and O–H groups in total. The van der Waals surface area contributed by atoms with Gasteiger partial charge in [0.15, 0.2) is 5.69 Å². The summed E-state index contributed by atoms with van der Waals surface area (Å²) < 4.78 is 4.63. The van der Waals surface area contributed by atoms with Gasteiger partial charge >= 0.3 is 0 Å². The molecule has 2 amide bonds. The standard InChI is InChI=1S/C14H15N3O3/c1-15-13(18)7-6-10-4-2-3-5-11(10)16-14(19)12-8-9-20-17-12/h2-5,8-9H,6-7H2,1H3,(H,15,18)(H,16,19). The quantitative estimate of drug-likeness (QED) is 0.866. The smallest absolute Gasteiger partial charge is 0.277 e. The Labute approximate surface area is 116 Å². The highest BCUT2D eigenvalue weighted by Crippen LogP contribution is 2.17. The van der Waals surface area contributed by atoms with E-state index in [2.05, 4.69) is 20.3 Å². The van der Waals surface area contributed by atoms with Crippen LogP contribution in [0.3, 0.4) is 0 Å². The van der Waals surface area contributed by atoms with Crippen molar-refractivity contribution in [3.05, 3.63) is 47.9 Å². The van der Waals surface area contributed by atoms with Gasteiger partial charge in [-0.3, -0.25) is 9.59 Å². The van der Waals surface area contributed by atoms with E-state index in [1.54, 1.807) is 13.1 Å². The second-order valence-electron chi connectivity index (χ2n) is 4.17. The summed E-state index contributed by atoms with van der Waals surface area (Å²) in [6.07, 6.45) is 2.26. The van der Waals surface area contributed by atoms with Crippen LogP contribution in [-0.2, 0) is 11.2 Å². The molecule has 1 aromatic heterocycles. The second-order valence-corrected chi connectivity index (χ2v) is 4.17. The van der Waals surface area contributed by atoms with Gasteiger partial charge in [0.05, 0.1) is 0 Å². The van der Waals surface area contributed by atoms with E-state index >= 15 is 0 Å². The van der Waals surface area contributed by atoms with Gasteiger partial charge in [-0.05, 0) is 18.1 Å². The van der Waals surface area contributed by atoms with Crippen molar-refractivity contribution in [1.82, 2.24) is 10.5 Å². The third-order valence-corrected chi connectivity index (χ3v) is 2.84. The Morgan fingerprint density at radius 1 is 1.25 bits per heavy atom. The summed E-state index contributed by atoms with van der Waals surface area (Å²) >= 11 is 0. The fourth-order valence-corrected chi connectivity index (χ4v) is 1.75. The highest BCUT2D eigenvalue weighted by atomic mass is 16.5. The van der Waals surface area contributed by atoms with E-state index in [1.165, 1.54) is 12.3 Å². The van der Waals surface area contributed by atoms with Crippen molar-refractivity contribution in [2.24, 2.45) is 0 Å². The normalized spacial score (nSPS) is 10.1. The van der Waals surface area contributed by atoms with Gasteiger partial charge in [0, 0.05) is 25.2 Å². The third kappa shape index (κ3) is 3.44. The van der Waals surface area contributed by atoms with Crippen molar-refractivity contribution in [2.75, 3.05) is 12.4 Å². The molecule has 0 fully saturated rings. The van der Waals surface area contributed by atoms with Crippen molar-refractivity contribution in [1.29, 1.82) is 0 Å². The van der Waals surface area contributed by atoms with Gasteiger partial charge in [-0.1, -0.05) is 23.4 Å². The lowest BCUT2D eigenvalue weighted by molar-refractivity contribution is -0.120. The van der Waals surface area contributed by atoms with Crippen LogP contribution in [-0.4, -0.2) is 24.0 Å². The monoisotopic (exact) mass is 273 g/mol. The molecule has 0 unspecified atom stereocenters. The minimum Gasteiger partial charge on any atom is -0.364 e. The van der Waals surface area contributed by atoms with Crippen LogP contribution < -0.4 is 10.6 Å². The van der Waals surface area contributed by atoms with Crippen molar-refractivity contribution in [3.8, 4) is 0 Å². The van der Waals surface area contributed by atoms with E-state index < -0.39 is 0 Å². The zero-order valence-corrected chi connectivity index (χ0v) is 11.1. The summed E-state index contributed by atoms with van der Waals surface area (Å²) in [6, 6.07) is 8.84. The van der Waals surface area contributed by atoms with E-state index in [9.17, 15) is 9.59 Å². The number of aryl methyl sites for hydroxylation is 1. The number of aromatic nitrogens is 1. The fourth-order valence-electron chi connectivity index (χ4n) is 1.75. The lowest BCUT2D eigenvalue weighted by Gasteiger charge is -2.09. The molecule has 6 nitrogen and oxygen atoms in total. The van der Waals surface area contributed by atoms with Crippen LogP contribution in [0.4, 0.5) is 5.69 Å². The van der Waals surface area contributed by atoms with Crippen LogP contribution >= 0.6 is 0 Å². The highest BCUT2D eigenvalue weighted by molar-refractivity contribution is 6.03. The number of carbonyl (C=O) groups excluding carboxylic acids is 2. The number of amides is 2. The molecular weight excluding hydrogens is 258 g/mol. The van der Waals surface area contributed by atoms with E-state index in [0.29, 0.717) is 18.5 Å². The molecule has 1 heterocycles. The predicted molar refractivity (Wildman–Crippen MR) is 73.3 cm³/mol. The van der Waals surface area contributed by atoms with Gasteiger partial charge in [-0.15, -0.1) is 0 Å². The molecule has 104 valence electrons. The van der Waals surface area contributed by atoms with Gasteiger partial charge in [0.1, 0.15) is 6.26 Å². The van der Waals surface area contributed by atoms with Crippen molar-refractivity contribution >= 4 is 17.5 Å². The number of rotatable bonds is 5. The van der Waals surface area contributed by atoms with Crippen molar-refractivity contribution in [3.63, 3.8) is 0 Å². The Morgan fingerprint density at radius 3 is 2.75 bits per heavy atom. The van der Waals surface area contributed by atoms with E-state index in [1.807, 2.05) is 18.2 Å². The van der Waals surface area contributed by atoms with Gasteiger partial charge in [0.25, 0.3) is 5.91 Å². The lowest BCUT2D eigenvalue weighted by Crippen LogP contribution is -2.18. The minimum absolute atomic E-state index is 0.0392. The van der Waals surface area contributed by atoms with Crippen LogP contribution in [0.15, 0.2) is 41.1 Å². The number of nitrogens with zero attached hydrogens (tertiary/aromatic N) is 1. The number of para-hydroxylation sites is 1. The first-order chi connectivity index (χ1) is 9.70. The van der Waals surface area contributed by atoms with Crippen LogP contribution in [0.5, 0.6) is 0 Å². The van der Waals surface area contributed by atoms with Crippen LogP contribution in [0, 0.1) is 0 Å². The van der Waals surface area contributed by atoms with Crippen LogP contribution in [0.1, 0.15) is 22.5 Å². The first kappa shape index (κ1) is 13.8. The molecule has 0 spiro atoms. The third-order valence-electron chi connectivity index (χ3n) is 2.84. The van der Waals surface area contributed by atoms with Gasteiger partial charge in [-0.25, -0.2) is 0 Å². The zero-order chi connectivity index (χ0) is 14.4. The average Bonchev–Trinajstić information content (AvgIpc) is 3.00. The Morgan fingerprint density at radius 2 is 2.05 bits per heavy atom. The molecular formula is C14H15N3O3. The van der Waals surface area contributed by atoms with Crippen LogP contribution in [0.25, 0.3) is 0 Å². The summed E-state index contributed by atoms with van der Waals surface area (Å²) in [5.41, 5.74) is 1.78. The number of nitrogens with one attached hydrogen (secondary N) is 2. The molecule has 0 atom stereocenters. The van der Waals surface area contributed by atoms with Gasteiger partial charge in [-0.2, -0.15) is 0 Å². The first-order valence-corrected chi connectivity index (χ1v) is 6.21. The minimum atomic E-state index is -0.342. The second kappa shape index (κ2) is 6.51. The van der Waals surface area contributed by atoms with E-state index in [0.717, 1.165) is 5.56 Å². The maximum absolute atomic E-state index is 11.9. The summed E-state index contributed by atoms with van der Waals surface area (Å²) in [7, 11) is 1.60. The number of benzene rings is 1. The molecule has 0 aliphatic rings. The summed E-state index contributed by atoms with van der Waals surface area (Å²) in [4.78, 5) is 23.2. The summed E-state index contributed by atoms with van der Waals surface area (Å²) in [5, 5.41) is 8.91. The number of anilines is 1. The molecule has 0 bridgehead atoms. The maximum Gasteiger partial charge on any atom is 0.277 e. The number of carbonyl (C=O) groups is 2. The molecule has 6 heteroatoms. The SMILES string of the molecule is CNC(=O)CCc1ccccc1NC(=O)c1ccon1. The first-order valence-electron chi connectivity index (χ1n) is 6.21. The summed E-state index contributed by atoms with van der Waals surface area (Å²) in [5.74, 6) is -0.381. The Hall–Kier alpha value is -2.63. The van der Waals surface area contributed by atoms with Crippen molar-refractivity contribution < 1.29 is 14.1 Å². The highest BCUT2D eigenvalue weighted by Gasteiger charge is 2.11. The molecule has 20 heavy (non-hydrogen) atoms. The van der Waals surface area contributed by atoms with Crippen LogP contribution in [0.2, 0.25) is 0 Å². The Balaban J connectivity index is 2.07. The molecule has 2 rings (SSSR count). The Bertz CT molecular complexity index is 593. The molecule has 0 radical (unpaired) electrons. The molecule has 2 aromatic rings. The Kier molecular flexibility index (Phi) is 4.49. The molecule has 0 aliphatic carbocycles. The van der Waals surface area contributed by atoms with E-state index in [4.69, 9.17) is 0 Å². The molecule has 0 aliphatic heterocycles. The van der Waals surface area contributed by atoms with Gasteiger partial charge < -0.3 is 15.2 Å². The molecule has 0 saturated carbocycles. The topological polar surface area (TPSA) is 84.2 Å². The maximum atomic E-state index is 11.9. The van der Waals surface area contributed by atoms with Crippen molar-refractivity contribution in [2.45, 2.75) is 12.8 Å². The zero-order valence-electron chi connectivity index (χ0n) is 11.1. The predicted octanol–water partition coefficient (Wildman–Crippen LogP) is 1.61. The number of hydrogen-bond acceptors (Lipinski definition) is 4. The fraction of sp³-hybridized carbons (Fsp3) is 0.214. The summed E-state index contributed by atoms with van der Waals surface area (Å²) in [6.45, 7) is 0. The largest absolute Gasteiger partial charge is 0.364 e. The van der Waals surface area contributed by atoms with E-state index in [-0.39, 0.29) is 17.5 Å². The lowest BCUT2D eigenvalue weighted by atomic mass is 10.1. The molecule has 0 saturated heterocycles.